The average molecular weight is 196 g/mol. The minimum atomic E-state index is -0.745. The van der Waals surface area contributed by atoms with Crippen molar-refractivity contribution in [1.29, 1.82) is 0 Å². The van der Waals surface area contributed by atoms with Crippen LogP contribution in [-0.2, 0) is 11.2 Å². The first-order chi connectivity index (χ1) is 6.70. The molecule has 2 N–H and O–H groups in total. The van der Waals surface area contributed by atoms with E-state index in [0.29, 0.717) is 0 Å². The van der Waals surface area contributed by atoms with Gasteiger partial charge in [-0.25, -0.2) is 0 Å². The molecule has 1 aromatic rings. The minimum absolute atomic E-state index is 0.222. The second-order valence-electron chi connectivity index (χ2n) is 2.71. The SMILES string of the molecule is CCC(=O)O.OCCc1ccccc1. The molecule has 0 aromatic heterocycles. The molecule has 0 radical (unpaired) electrons. The lowest BCUT2D eigenvalue weighted by Crippen LogP contribution is -1.88. The number of aliphatic carboxylic acids is 1. The highest BCUT2D eigenvalue weighted by molar-refractivity contribution is 5.66. The monoisotopic (exact) mass is 196 g/mol. The van der Waals surface area contributed by atoms with Gasteiger partial charge in [0.25, 0.3) is 0 Å². The van der Waals surface area contributed by atoms with Gasteiger partial charge < -0.3 is 10.2 Å². The van der Waals surface area contributed by atoms with E-state index in [9.17, 15) is 4.79 Å². The van der Waals surface area contributed by atoms with Crippen LogP contribution in [0.2, 0.25) is 0 Å². The van der Waals surface area contributed by atoms with Crippen molar-refractivity contribution in [2.24, 2.45) is 0 Å². The van der Waals surface area contributed by atoms with Crippen molar-refractivity contribution in [3.05, 3.63) is 35.9 Å². The largest absolute Gasteiger partial charge is 0.481 e. The normalized spacial score (nSPS) is 8.71. The zero-order valence-electron chi connectivity index (χ0n) is 8.31. The Kier molecular flexibility index (Phi) is 7.46. The summed E-state index contributed by atoms with van der Waals surface area (Å²) in [5.74, 6) is -0.745. The van der Waals surface area contributed by atoms with E-state index < -0.39 is 5.97 Å². The smallest absolute Gasteiger partial charge is 0.303 e. The fourth-order valence-corrected chi connectivity index (χ4v) is 0.774. The number of hydrogen-bond donors (Lipinski definition) is 2. The molecule has 3 nitrogen and oxygen atoms in total. The number of aliphatic hydroxyl groups excluding tert-OH is 1. The molecule has 0 saturated heterocycles. The van der Waals surface area contributed by atoms with Gasteiger partial charge in [0.15, 0.2) is 0 Å². The summed E-state index contributed by atoms with van der Waals surface area (Å²) < 4.78 is 0. The predicted molar refractivity (Wildman–Crippen MR) is 55.2 cm³/mol. The van der Waals surface area contributed by atoms with Crippen LogP contribution in [0.3, 0.4) is 0 Å². The number of carbonyl (C=O) groups is 1. The minimum Gasteiger partial charge on any atom is -0.481 e. The van der Waals surface area contributed by atoms with Gasteiger partial charge in [0, 0.05) is 13.0 Å². The van der Waals surface area contributed by atoms with E-state index in [1.54, 1.807) is 6.92 Å². The Morgan fingerprint density at radius 2 is 1.79 bits per heavy atom. The van der Waals surface area contributed by atoms with E-state index >= 15 is 0 Å². The lowest BCUT2D eigenvalue weighted by atomic mass is 10.2. The van der Waals surface area contributed by atoms with Gasteiger partial charge in [-0.2, -0.15) is 0 Å². The molecule has 0 aliphatic heterocycles. The molecule has 0 bridgehead atoms. The van der Waals surface area contributed by atoms with Crippen molar-refractivity contribution in [2.75, 3.05) is 6.61 Å². The average Bonchev–Trinajstić information content (AvgIpc) is 2.21. The molecule has 14 heavy (non-hydrogen) atoms. The Labute approximate surface area is 84.0 Å². The van der Waals surface area contributed by atoms with Gasteiger partial charge in [-0.1, -0.05) is 37.3 Å². The maximum atomic E-state index is 9.37. The zero-order chi connectivity index (χ0) is 10.8. The van der Waals surface area contributed by atoms with Gasteiger partial charge in [0.1, 0.15) is 0 Å². The highest BCUT2D eigenvalue weighted by Crippen LogP contribution is 1.97. The second kappa shape index (κ2) is 8.26. The predicted octanol–water partition coefficient (Wildman–Crippen LogP) is 1.70. The van der Waals surface area contributed by atoms with Crippen LogP contribution in [0.1, 0.15) is 18.9 Å². The summed E-state index contributed by atoms with van der Waals surface area (Å²) in [5, 5.41) is 16.2. The number of hydrogen-bond acceptors (Lipinski definition) is 2. The van der Waals surface area contributed by atoms with Crippen LogP contribution >= 0.6 is 0 Å². The van der Waals surface area contributed by atoms with Crippen molar-refractivity contribution in [3.63, 3.8) is 0 Å². The number of aliphatic hydroxyl groups is 1. The molecule has 0 unspecified atom stereocenters. The maximum absolute atomic E-state index is 9.37. The molecule has 1 aromatic carbocycles. The van der Waals surface area contributed by atoms with Crippen LogP contribution in [-0.4, -0.2) is 22.8 Å². The molecule has 0 heterocycles. The van der Waals surface area contributed by atoms with Crippen molar-refractivity contribution in [2.45, 2.75) is 19.8 Å². The fourth-order valence-electron chi connectivity index (χ4n) is 0.774. The van der Waals surface area contributed by atoms with E-state index in [1.807, 2.05) is 30.3 Å². The van der Waals surface area contributed by atoms with Crippen LogP contribution < -0.4 is 0 Å². The first-order valence-corrected chi connectivity index (χ1v) is 4.57. The van der Waals surface area contributed by atoms with Gasteiger partial charge in [0.2, 0.25) is 0 Å². The number of carboxylic acid groups (broad SMARTS) is 1. The number of carboxylic acids is 1. The lowest BCUT2D eigenvalue weighted by molar-refractivity contribution is -0.136. The highest BCUT2D eigenvalue weighted by Gasteiger charge is 1.85. The molecule has 0 aliphatic carbocycles. The topological polar surface area (TPSA) is 57.5 Å². The van der Waals surface area contributed by atoms with Crippen LogP contribution in [0, 0.1) is 0 Å². The zero-order valence-corrected chi connectivity index (χ0v) is 8.31. The van der Waals surface area contributed by atoms with E-state index in [0.717, 1.165) is 6.42 Å². The first kappa shape index (κ1) is 12.7. The van der Waals surface area contributed by atoms with Crippen LogP contribution in [0.5, 0.6) is 0 Å². The quantitative estimate of drug-likeness (QED) is 0.773. The molecule has 3 heteroatoms. The van der Waals surface area contributed by atoms with Gasteiger partial charge in [-0.15, -0.1) is 0 Å². The summed E-state index contributed by atoms with van der Waals surface area (Å²) in [6, 6.07) is 9.95. The first-order valence-electron chi connectivity index (χ1n) is 4.57. The Morgan fingerprint density at radius 3 is 2.14 bits per heavy atom. The van der Waals surface area contributed by atoms with E-state index in [-0.39, 0.29) is 13.0 Å². The molecule has 0 aliphatic rings. The van der Waals surface area contributed by atoms with Crippen molar-refractivity contribution in [1.82, 2.24) is 0 Å². The molecule has 78 valence electrons. The Morgan fingerprint density at radius 1 is 1.29 bits per heavy atom. The third-order valence-electron chi connectivity index (χ3n) is 1.55. The molecule has 0 amide bonds. The van der Waals surface area contributed by atoms with Crippen molar-refractivity contribution < 1.29 is 15.0 Å². The summed E-state index contributed by atoms with van der Waals surface area (Å²) in [7, 11) is 0. The van der Waals surface area contributed by atoms with Gasteiger partial charge in [-0.05, 0) is 12.0 Å². The van der Waals surface area contributed by atoms with Crippen LogP contribution in [0.25, 0.3) is 0 Å². The fraction of sp³-hybridized carbons (Fsp3) is 0.364. The summed E-state index contributed by atoms with van der Waals surface area (Å²) >= 11 is 0. The van der Waals surface area contributed by atoms with Gasteiger partial charge in [-0.3, -0.25) is 4.79 Å². The van der Waals surface area contributed by atoms with Crippen molar-refractivity contribution in [3.8, 4) is 0 Å². The summed E-state index contributed by atoms with van der Waals surface area (Å²) in [4.78, 5) is 9.37. The Hall–Kier alpha value is -1.35. The number of benzene rings is 1. The number of rotatable bonds is 3. The summed E-state index contributed by atoms with van der Waals surface area (Å²) in [6.45, 7) is 1.84. The Bertz CT molecular complexity index is 244. The summed E-state index contributed by atoms with van der Waals surface area (Å²) in [5.41, 5.74) is 1.19. The third-order valence-corrected chi connectivity index (χ3v) is 1.55. The second-order valence-corrected chi connectivity index (χ2v) is 2.71. The Balaban J connectivity index is 0.000000292. The summed E-state index contributed by atoms with van der Waals surface area (Å²) in [6.07, 6.45) is 0.987. The standard InChI is InChI=1S/C8H10O.C3H6O2/c9-7-6-8-4-2-1-3-5-8;1-2-3(4)5/h1-5,9H,6-7H2;2H2,1H3,(H,4,5). The maximum Gasteiger partial charge on any atom is 0.303 e. The lowest BCUT2D eigenvalue weighted by Gasteiger charge is -1.93. The van der Waals surface area contributed by atoms with E-state index in [4.69, 9.17) is 10.2 Å². The molecular formula is C11H16O3. The van der Waals surface area contributed by atoms with E-state index in [2.05, 4.69) is 0 Å². The van der Waals surface area contributed by atoms with Crippen molar-refractivity contribution >= 4 is 5.97 Å². The highest BCUT2D eigenvalue weighted by atomic mass is 16.4. The van der Waals surface area contributed by atoms with Crippen LogP contribution in [0.4, 0.5) is 0 Å². The molecule has 0 saturated carbocycles. The third kappa shape index (κ3) is 7.31. The molecule has 0 fully saturated rings. The molecular weight excluding hydrogens is 180 g/mol. The molecule has 1 rings (SSSR count). The molecule has 0 spiro atoms. The van der Waals surface area contributed by atoms with Crippen LogP contribution in [0.15, 0.2) is 30.3 Å². The molecule has 0 atom stereocenters. The van der Waals surface area contributed by atoms with E-state index in [1.165, 1.54) is 5.56 Å². The van der Waals surface area contributed by atoms with Gasteiger partial charge in [0.05, 0.1) is 0 Å². The van der Waals surface area contributed by atoms with Gasteiger partial charge >= 0.3 is 5.97 Å².